The predicted molar refractivity (Wildman–Crippen MR) is 137 cm³/mol. The maximum absolute atomic E-state index is 13.0. The summed E-state index contributed by atoms with van der Waals surface area (Å²) in [6, 6.07) is 13.0. The smallest absolute Gasteiger partial charge is 0.335 e. The number of rotatable bonds is 10. The second kappa shape index (κ2) is 12.6. The van der Waals surface area contributed by atoms with Crippen molar-refractivity contribution < 1.29 is 19.5 Å². The zero-order valence-electron chi connectivity index (χ0n) is 19.0. The normalized spacial score (nSPS) is 17.1. The number of carboxylic acids is 1. The minimum Gasteiger partial charge on any atom is -0.478 e. The highest BCUT2D eigenvalue weighted by atomic mass is 35.5. The summed E-state index contributed by atoms with van der Waals surface area (Å²) in [5.74, 6) is -1.60. The summed E-state index contributed by atoms with van der Waals surface area (Å²) in [7, 11) is 0. The largest absolute Gasteiger partial charge is 0.478 e. The molecular formula is C25H28ClN3O4S. The number of nitrogens with one attached hydrogen (secondary N) is 1. The number of thioether (sulfide) groups is 1. The molecule has 1 fully saturated rings. The highest BCUT2D eigenvalue weighted by Gasteiger charge is 2.35. The van der Waals surface area contributed by atoms with Gasteiger partial charge in [0, 0.05) is 23.7 Å². The number of amidine groups is 1. The number of carboxylic acid groups (broad SMARTS) is 1. The van der Waals surface area contributed by atoms with Gasteiger partial charge in [-0.2, -0.15) is 0 Å². The molecule has 0 radical (unpaired) electrons. The van der Waals surface area contributed by atoms with E-state index in [1.807, 2.05) is 0 Å². The van der Waals surface area contributed by atoms with Crippen molar-refractivity contribution in [3.05, 3.63) is 59.1 Å². The van der Waals surface area contributed by atoms with Gasteiger partial charge in [-0.15, -0.1) is 0 Å². The van der Waals surface area contributed by atoms with Crippen molar-refractivity contribution in [3.8, 4) is 0 Å². The fourth-order valence-corrected chi connectivity index (χ4v) is 4.76. The van der Waals surface area contributed by atoms with Crippen LogP contribution in [0.25, 0.3) is 0 Å². The van der Waals surface area contributed by atoms with Gasteiger partial charge in [-0.05, 0) is 48.9 Å². The Labute approximate surface area is 208 Å². The lowest BCUT2D eigenvalue weighted by molar-refractivity contribution is -0.129. The van der Waals surface area contributed by atoms with E-state index in [9.17, 15) is 19.5 Å². The van der Waals surface area contributed by atoms with Crippen LogP contribution in [0.1, 0.15) is 55.8 Å². The van der Waals surface area contributed by atoms with Gasteiger partial charge in [-0.25, -0.2) is 9.79 Å². The molecule has 0 spiro atoms. The van der Waals surface area contributed by atoms with Crippen LogP contribution < -0.4 is 5.32 Å². The van der Waals surface area contributed by atoms with Crippen LogP contribution in [0.4, 0.5) is 11.4 Å². The first-order valence-electron chi connectivity index (χ1n) is 11.3. The molecule has 1 unspecified atom stereocenters. The zero-order chi connectivity index (χ0) is 24.5. The molecule has 1 saturated heterocycles. The first-order valence-corrected chi connectivity index (χ1v) is 12.6. The molecular weight excluding hydrogens is 474 g/mol. The molecule has 2 aromatic carbocycles. The summed E-state index contributed by atoms with van der Waals surface area (Å²) in [4.78, 5) is 43.5. The first-order chi connectivity index (χ1) is 16.4. The molecule has 1 aliphatic rings. The monoisotopic (exact) mass is 501 g/mol. The van der Waals surface area contributed by atoms with Crippen molar-refractivity contribution >= 4 is 57.7 Å². The van der Waals surface area contributed by atoms with Gasteiger partial charge >= 0.3 is 5.97 Å². The summed E-state index contributed by atoms with van der Waals surface area (Å²) >= 11 is 7.22. The fourth-order valence-electron chi connectivity index (χ4n) is 3.51. The number of hydrogen-bond donors (Lipinski definition) is 2. The number of nitrogens with zero attached hydrogens (tertiary/aromatic N) is 2. The molecule has 2 amide bonds. The molecule has 1 aliphatic heterocycles. The van der Waals surface area contributed by atoms with Gasteiger partial charge in [0.1, 0.15) is 5.25 Å². The van der Waals surface area contributed by atoms with Crippen molar-refractivity contribution in [2.24, 2.45) is 4.99 Å². The Morgan fingerprint density at radius 1 is 1.15 bits per heavy atom. The molecule has 0 aliphatic carbocycles. The Morgan fingerprint density at radius 2 is 1.88 bits per heavy atom. The van der Waals surface area contributed by atoms with Crippen LogP contribution in [0.5, 0.6) is 0 Å². The van der Waals surface area contributed by atoms with E-state index in [-0.39, 0.29) is 23.8 Å². The van der Waals surface area contributed by atoms with E-state index >= 15 is 0 Å². The number of carbonyl (C=O) groups is 3. The Bertz CT molecular complexity index is 1060. The molecule has 0 bridgehead atoms. The first kappa shape index (κ1) is 25.8. The molecule has 180 valence electrons. The van der Waals surface area contributed by atoms with Crippen LogP contribution in [0.2, 0.25) is 5.02 Å². The number of halogens is 1. The lowest BCUT2D eigenvalue weighted by atomic mass is 10.1. The molecule has 1 atom stereocenters. The number of carbonyl (C=O) groups excluding carboxylic acids is 2. The number of unbranched alkanes of at least 4 members (excludes halogenated alkanes) is 4. The molecule has 1 heterocycles. The number of amides is 2. The SMILES string of the molecule is CCCCCCCN1C(=O)CC(C(=O)Nc2cccc(C(=O)O)c2)SC1=Nc1ccc(Cl)cc1. The van der Waals surface area contributed by atoms with Gasteiger partial charge in [0.2, 0.25) is 11.8 Å². The number of aliphatic imine (C=N–C) groups is 1. The fraction of sp³-hybridized carbons (Fsp3) is 0.360. The zero-order valence-corrected chi connectivity index (χ0v) is 20.6. The Balaban J connectivity index is 1.76. The van der Waals surface area contributed by atoms with E-state index in [0.717, 1.165) is 25.7 Å². The van der Waals surface area contributed by atoms with Crippen molar-refractivity contribution in [2.45, 2.75) is 50.7 Å². The number of anilines is 1. The van der Waals surface area contributed by atoms with Gasteiger partial charge in [0.25, 0.3) is 0 Å². The second-order valence-electron chi connectivity index (χ2n) is 8.02. The van der Waals surface area contributed by atoms with Gasteiger partial charge in [-0.3, -0.25) is 14.5 Å². The highest BCUT2D eigenvalue weighted by Crippen LogP contribution is 2.30. The standard InChI is InChI=1S/C25H28ClN3O4S/c1-2-3-4-5-6-14-29-22(30)16-21(34-25(29)28-19-12-10-18(26)11-13-19)23(31)27-20-9-7-8-17(15-20)24(32)33/h7-13,15,21H,2-6,14,16H2,1H3,(H,27,31)(H,32,33). The Morgan fingerprint density at radius 3 is 2.59 bits per heavy atom. The minimum atomic E-state index is -1.08. The van der Waals surface area contributed by atoms with Crippen molar-refractivity contribution in [1.29, 1.82) is 0 Å². The van der Waals surface area contributed by atoms with Crippen LogP contribution >= 0.6 is 23.4 Å². The average molecular weight is 502 g/mol. The summed E-state index contributed by atoms with van der Waals surface area (Å²) in [5, 5.41) is 12.3. The third-order valence-electron chi connectivity index (χ3n) is 5.35. The van der Waals surface area contributed by atoms with E-state index in [1.54, 1.807) is 41.3 Å². The molecule has 34 heavy (non-hydrogen) atoms. The van der Waals surface area contributed by atoms with Gasteiger partial charge in [0.05, 0.1) is 11.3 Å². The molecule has 3 rings (SSSR count). The number of benzene rings is 2. The third-order valence-corrected chi connectivity index (χ3v) is 6.79. The van der Waals surface area contributed by atoms with Crippen molar-refractivity contribution in [1.82, 2.24) is 4.90 Å². The Kier molecular flexibility index (Phi) is 9.53. The maximum atomic E-state index is 13.0. The summed E-state index contributed by atoms with van der Waals surface area (Å²) in [5.41, 5.74) is 1.09. The molecule has 2 aromatic rings. The van der Waals surface area contributed by atoms with E-state index < -0.39 is 11.2 Å². The number of hydrogen-bond acceptors (Lipinski definition) is 5. The molecule has 9 heteroatoms. The van der Waals surface area contributed by atoms with Gasteiger partial charge in [-0.1, -0.05) is 62.0 Å². The van der Waals surface area contributed by atoms with E-state index in [4.69, 9.17) is 11.6 Å². The van der Waals surface area contributed by atoms with Gasteiger partial charge in [0.15, 0.2) is 5.17 Å². The minimum absolute atomic E-state index is 0.0454. The van der Waals surface area contributed by atoms with Crippen LogP contribution in [0.15, 0.2) is 53.5 Å². The molecule has 7 nitrogen and oxygen atoms in total. The molecule has 2 N–H and O–H groups in total. The predicted octanol–water partition coefficient (Wildman–Crippen LogP) is 5.97. The quantitative estimate of drug-likeness (QED) is 0.391. The highest BCUT2D eigenvalue weighted by molar-refractivity contribution is 8.15. The Hall–Kier alpha value is -2.84. The van der Waals surface area contributed by atoms with Crippen molar-refractivity contribution in [3.63, 3.8) is 0 Å². The van der Waals surface area contributed by atoms with Crippen LogP contribution in [0.3, 0.4) is 0 Å². The molecule has 0 aromatic heterocycles. The van der Waals surface area contributed by atoms with Crippen LogP contribution in [0, 0.1) is 0 Å². The average Bonchev–Trinajstić information content (AvgIpc) is 2.81. The third kappa shape index (κ3) is 7.33. The summed E-state index contributed by atoms with van der Waals surface area (Å²) in [6.07, 6.45) is 5.37. The van der Waals surface area contributed by atoms with Crippen molar-refractivity contribution in [2.75, 3.05) is 11.9 Å². The van der Waals surface area contributed by atoms with Crippen LogP contribution in [-0.2, 0) is 9.59 Å². The lowest BCUT2D eigenvalue weighted by Gasteiger charge is -2.32. The summed E-state index contributed by atoms with van der Waals surface area (Å²) < 4.78 is 0. The van der Waals surface area contributed by atoms with E-state index in [1.165, 1.54) is 30.3 Å². The molecule has 0 saturated carbocycles. The lowest BCUT2D eigenvalue weighted by Crippen LogP contribution is -2.45. The summed E-state index contributed by atoms with van der Waals surface area (Å²) in [6.45, 7) is 2.71. The van der Waals surface area contributed by atoms with E-state index in [0.29, 0.717) is 28.1 Å². The van der Waals surface area contributed by atoms with E-state index in [2.05, 4.69) is 17.2 Å². The maximum Gasteiger partial charge on any atom is 0.335 e. The van der Waals surface area contributed by atoms with Crippen LogP contribution in [-0.4, -0.2) is 44.8 Å². The second-order valence-corrected chi connectivity index (χ2v) is 9.62. The topological polar surface area (TPSA) is 99.1 Å². The van der Waals surface area contributed by atoms with Gasteiger partial charge < -0.3 is 10.4 Å². The number of aromatic carboxylic acids is 1.